The minimum absolute atomic E-state index is 0.0467. The fourth-order valence-electron chi connectivity index (χ4n) is 0.938. The van der Waals surface area contributed by atoms with Crippen LogP contribution in [0.5, 0.6) is 0 Å². The van der Waals surface area contributed by atoms with E-state index in [0.29, 0.717) is 6.41 Å². The van der Waals surface area contributed by atoms with Gasteiger partial charge in [-0.05, 0) is 0 Å². The SMILES string of the molecule is O=CNc1nc(/C(=N\OCCOC=O)C(=O)O)cs1. The number of oxime groups is 1. The number of amides is 1. The van der Waals surface area contributed by atoms with Crippen LogP contribution < -0.4 is 5.32 Å². The summed E-state index contributed by atoms with van der Waals surface area (Å²) in [5.74, 6) is -1.33. The van der Waals surface area contributed by atoms with Crippen LogP contribution in [0.15, 0.2) is 10.5 Å². The van der Waals surface area contributed by atoms with Gasteiger partial charge in [0, 0.05) is 5.38 Å². The Hall–Kier alpha value is -2.49. The van der Waals surface area contributed by atoms with Crippen molar-refractivity contribution in [1.29, 1.82) is 0 Å². The van der Waals surface area contributed by atoms with Gasteiger partial charge in [0.25, 0.3) is 6.47 Å². The van der Waals surface area contributed by atoms with Crippen LogP contribution in [0.2, 0.25) is 0 Å². The van der Waals surface area contributed by atoms with Crippen molar-refractivity contribution >= 4 is 41.0 Å². The van der Waals surface area contributed by atoms with E-state index in [1.54, 1.807) is 0 Å². The van der Waals surface area contributed by atoms with Gasteiger partial charge in [0.2, 0.25) is 12.1 Å². The molecule has 1 rings (SSSR count). The number of hydrogen-bond acceptors (Lipinski definition) is 8. The molecule has 0 aromatic carbocycles. The summed E-state index contributed by atoms with van der Waals surface area (Å²) in [7, 11) is 0. The molecule has 0 saturated heterocycles. The van der Waals surface area contributed by atoms with E-state index >= 15 is 0 Å². The maximum Gasteiger partial charge on any atom is 0.360 e. The van der Waals surface area contributed by atoms with Gasteiger partial charge >= 0.3 is 5.97 Å². The molecule has 10 heteroatoms. The van der Waals surface area contributed by atoms with Gasteiger partial charge in [-0.2, -0.15) is 0 Å². The standard InChI is InChI=1S/C9H9N3O6S/c13-4-10-9-11-6(3-19-9)7(8(15)16)12-18-2-1-17-5-14/h3-5H,1-2H2,(H,15,16)(H,10,11,13)/b12-7+. The Balaban J connectivity index is 2.69. The van der Waals surface area contributed by atoms with Crippen LogP contribution in [0.1, 0.15) is 5.69 Å². The largest absolute Gasteiger partial charge is 0.476 e. The van der Waals surface area contributed by atoms with Crippen molar-refractivity contribution in [3.63, 3.8) is 0 Å². The highest BCUT2D eigenvalue weighted by molar-refractivity contribution is 7.14. The minimum Gasteiger partial charge on any atom is -0.476 e. The van der Waals surface area contributed by atoms with Gasteiger partial charge in [-0.1, -0.05) is 5.16 Å². The van der Waals surface area contributed by atoms with Gasteiger partial charge in [0.15, 0.2) is 11.7 Å². The van der Waals surface area contributed by atoms with E-state index < -0.39 is 11.7 Å². The molecule has 1 aromatic rings. The first kappa shape index (κ1) is 14.6. The van der Waals surface area contributed by atoms with E-state index in [1.165, 1.54) is 5.38 Å². The van der Waals surface area contributed by atoms with Crippen molar-refractivity contribution in [1.82, 2.24) is 4.98 Å². The third-order valence-electron chi connectivity index (χ3n) is 1.65. The zero-order valence-corrected chi connectivity index (χ0v) is 10.3. The summed E-state index contributed by atoms with van der Waals surface area (Å²) < 4.78 is 4.33. The second kappa shape index (κ2) is 7.76. The second-order valence-corrected chi connectivity index (χ2v) is 3.70. The number of anilines is 1. The molecule has 0 fully saturated rings. The number of thiazole rings is 1. The van der Waals surface area contributed by atoms with Gasteiger partial charge in [0.1, 0.15) is 12.3 Å². The number of ether oxygens (including phenoxy) is 1. The third kappa shape index (κ3) is 4.71. The molecule has 0 aliphatic rings. The number of carboxylic acid groups (broad SMARTS) is 1. The van der Waals surface area contributed by atoms with Crippen LogP contribution in [0.4, 0.5) is 5.13 Å². The Morgan fingerprint density at radius 1 is 1.53 bits per heavy atom. The summed E-state index contributed by atoms with van der Waals surface area (Å²) in [5.41, 5.74) is -0.362. The molecule has 0 aliphatic carbocycles. The molecular weight excluding hydrogens is 278 g/mol. The predicted molar refractivity (Wildman–Crippen MR) is 63.9 cm³/mol. The van der Waals surface area contributed by atoms with E-state index in [1.807, 2.05) is 0 Å². The molecule has 1 heterocycles. The quantitative estimate of drug-likeness (QED) is 0.276. The van der Waals surface area contributed by atoms with Crippen LogP contribution in [-0.4, -0.2) is 47.9 Å². The summed E-state index contributed by atoms with van der Waals surface area (Å²) in [6.45, 7) is 0.108. The molecule has 19 heavy (non-hydrogen) atoms. The average Bonchev–Trinajstić information content (AvgIpc) is 2.82. The van der Waals surface area contributed by atoms with Crippen LogP contribution in [0, 0.1) is 0 Å². The number of nitrogens with one attached hydrogen (secondary N) is 1. The number of hydrogen-bond donors (Lipinski definition) is 2. The maximum absolute atomic E-state index is 11.0. The second-order valence-electron chi connectivity index (χ2n) is 2.85. The molecule has 1 aromatic heterocycles. The highest BCUT2D eigenvalue weighted by Crippen LogP contribution is 2.15. The van der Waals surface area contributed by atoms with Crippen LogP contribution >= 0.6 is 11.3 Å². The van der Waals surface area contributed by atoms with Gasteiger partial charge < -0.3 is 20.0 Å². The zero-order valence-electron chi connectivity index (χ0n) is 9.44. The number of carbonyl (C=O) groups excluding carboxylic acids is 2. The topological polar surface area (TPSA) is 127 Å². The number of carbonyl (C=O) groups is 3. The van der Waals surface area contributed by atoms with Crippen LogP contribution in [-0.2, 0) is 24.0 Å². The zero-order chi connectivity index (χ0) is 14.1. The monoisotopic (exact) mass is 287 g/mol. The summed E-state index contributed by atoms with van der Waals surface area (Å²) in [6, 6.07) is 0. The molecule has 0 saturated carbocycles. The van der Waals surface area contributed by atoms with Crippen molar-refractivity contribution in [2.45, 2.75) is 0 Å². The summed E-state index contributed by atoms with van der Waals surface area (Å²) in [5, 5.41) is 16.3. The normalized spacial score (nSPS) is 10.6. The molecule has 0 unspecified atom stereocenters. The van der Waals surface area contributed by atoms with E-state index in [0.717, 1.165) is 11.3 Å². The average molecular weight is 287 g/mol. The van der Waals surface area contributed by atoms with Crippen molar-refractivity contribution in [2.24, 2.45) is 5.16 Å². The summed E-state index contributed by atoms with van der Waals surface area (Å²) in [4.78, 5) is 39.5. The third-order valence-corrected chi connectivity index (χ3v) is 2.42. The molecule has 0 spiro atoms. The molecule has 2 N–H and O–H groups in total. The molecule has 0 radical (unpaired) electrons. The van der Waals surface area contributed by atoms with Gasteiger partial charge in [0.05, 0.1) is 0 Å². The lowest BCUT2D eigenvalue weighted by atomic mass is 10.3. The lowest BCUT2D eigenvalue weighted by Gasteiger charge is -2.00. The number of carboxylic acids is 1. The number of aromatic nitrogens is 1. The lowest BCUT2D eigenvalue weighted by Crippen LogP contribution is -2.16. The first-order chi connectivity index (χ1) is 9.19. The highest BCUT2D eigenvalue weighted by Gasteiger charge is 2.17. The molecule has 102 valence electrons. The van der Waals surface area contributed by atoms with E-state index in [4.69, 9.17) is 5.11 Å². The summed E-state index contributed by atoms with van der Waals surface area (Å²) in [6.07, 6.45) is 0.424. The van der Waals surface area contributed by atoms with Crippen molar-refractivity contribution in [3.8, 4) is 0 Å². The first-order valence-electron chi connectivity index (χ1n) is 4.83. The first-order valence-corrected chi connectivity index (χ1v) is 5.71. The minimum atomic E-state index is -1.33. The molecule has 0 atom stereocenters. The van der Waals surface area contributed by atoms with Crippen LogP contribution in [0.3, 0.4) is 0 Å². The molecule has 9 nitrogen and oxygen atoms in total. The fourth-order valence-corrected chi connectivity index (χ4v) is 1.59. The number of aliphatic carboxylic acids is 1. The molecule has 1 amide bonds. The number of rotatable bonds is 9. The smallest absolute Gasteiger partial charge is 0.360 e. The van der Waals surface area contributed by atoms with Gasteiger partial charge in [-0.3, -0.25) is 9.59 Å². The molecule has 0 bridgehead atoms. The van der Waals surface area contributed by atoms with Gasteiger partial charge in [-0.15, -0.1) is 11.3 Å². The Bertz CT molecular complexity index is 486. The van der Waals surface area contributed by atoms with Crippen molar-refractivity contribution in [2.75, 3.05) is 18.5 Å². The van der Waals surface area contributed by atoms with Crippen molar-refractivity contribution < 1.29 is 29.1 Å². The van der Waals surface area contributed by atoms with Gasteiger partial charge in [-0.25, -0.2) is 9.78 Å². The fraction of sp³-hybridized carbons (Fsp3) is 0.222. The summed E-state index contributed by atoms with van der Waals surface area (Å²) >= 11 is 1.04. The van der Waals surface area contributed by atoms with Crippen LogP contribution in [0.25, 0.3) is 0 Å². The number of nitrogens with zero attached hydrogens (tertiary/aromatic N) is 2. The Morgan fingerprint density at radius 2 is 2.32 bits per heavy atom. The van der Waals surface area contributed by atoms with E-state index in [2.05, 4.69) is 25.0 Å². The predicted octanol–water partition coefficient (Wildman–Crippen LogP) is -0.310. The Kier molecular flexibility index (Phi) is 5.95. The lowest BCUT2D eigenvalue weighted by molar-refractivity contribution is -0.131. The molecular formula is C9H9N3O6S. The van der Waals surface area contributed by atoms with E-state index in [-0.39, 0.29) is 30.5 Å². The van der Waals surface area contributed by atoms with Crippen molar-refractivity contribution in [3.05, 3.63) is 11.1 Å². The molecule has 0 aliphatic heterocycles. The Morgan fingerprint density at radius 3 is 2.95 bits per heavy atom. The maximum atomic E-state index is 11.0. The highest BCUT2D eigenvalue weighted by atomic mass is 32.1. The van der Waals surface area contributed by atoms with E-state index in [9.17, 15) is 14.4 Å². The Labute approximate surface area is 110 Å².